The third-order valence-electron chi connectivity index (χ3n) is 1.52. The number of hydrogen-bond acceptors (Lipinski definition) is 0. The van der Waals surface area contributed by atoms with Crippen molar-refractivity contribution in [1.82, 2.24) is 0 Å². The normalized spacial score (nSPS) is 13.0. The predicted molar refractivity (Wildman–Crippen MR) is 52.5 cm³/mol. The highest BCUT2D eigenvalue weighted by Crippen LogP contribution is 2.14. The average molecular weight is 148 g/mol. The molecule has 0 spiro atoms. The van der Waals surface area contributed by atoms with Crippen molar-refractivity contribution < 1.29 is 0 Å². The van der Waals surface area contributed by atoms with Gasteiger partial charge in [-0.15, -0.1) is 0 Å². The molecular weight excluding hydrogens is 132 g/mol. The summed E-state index contributed by atoms with van der Waals surface area (Å²) in [5, 5.41) is 0. The van der Waals surface area contributed by atoms with Crippen LogP contribution in [-0.2, 0) is 0 Å². The summed E-state index contributed by atoms with van der Waals surface area (Å²) in [6, 6.07) is 0. The Morgan fingerprint density at radius 1 is 1.27 bits per heavy atom. The predicted octanol–water partition coefficient (Wildman–Crippen LogP) is 3.64. The lowest BCUT2D eigenvalue weighted by Crippen LogP contribution is -1.83. The lowest BCUT2D eigenvalue weighted by atomic mass is 10.0. The molecule has 0 heteroatoms. The van der Waals surface area contributed by atoms with E-state index in [1.807, 2.05) is 32.9 Å². The third kappa shape index (κ3) is 3.03. The van der Waals surface area contributed by atoms with Gasteiger partial charge in [-0.1, -0.05) is 37.0 Å². The van der Waals surface area contributed by atoms with Crippen molar-refractivity contribution in [2.24, 2.45) is 0 Å². The first kappa shape index (κ1) is 9.96. The largest absolute Gasteiger partial charge is 0.0988 e. The van der Waals surface area contributed by atoms with Gasteiger partial charge in [-0.2, -0.15) is 0 Å². The molecule has 0 aromatic heterocycles. The van der Waals surface area contributed by atoms with Crippen LogP contribution in [0.25, 0.3) is 0 Å². The molecule has 11 heavy (non-hydrogen) atoms. The Morgan fingerprint density at radius 2 is 1.82 bits per heavy atom. The van der Waals surface area contributed by atoms with E-state index in [0.717, 1.165) is 5.57 Å². The summed E-state index contributed by atoms with van der Waals surface area (Å²) in [4.78, 5) is 0. The van der Waals surface area contributed by atoms with Crippen LogP contribution in [0.15, 0.2) is 48.1 Å². The SMILES string of the molecule is C=C/C(C)=C(\C=C/C)C(=C)C. The van der Waals surface area contributed by atoms with E-state index in [2.05, 4.69) is 19.2 Å². The van der Waals surface area contributed by atoms with Crippen LogP contribution in [0.1, 0.15) is 20.8 Å². The maximum Gasteiger partial charge on any atom is -0.0207 e. The van der Waals surface area contributed by atoms with Crippen LogP contribution in [0.5, 0.6) is 0 Å². The van der Waals surface area contributed by atoms with Gasteiger partial charge in [0.25, 0.3) is 0 Å². The average Bonchev–Trinajstić information content (AvgIpc) is 1.98. The molecule has 0 aromatic carbocycles. The Morgan fingerprint density at radius 3 is 2.09 bits per heavy atom. The van der Waals surface area contributed by atoms with Gasteiger partial charge >= 0.3 is 0 Å². The van der Waals surface area contributed by atoms with Crippen molar-refractivity contribution in [1.29, 1.82) is 0 Å². The van der Waals surface area contributed by atoms with Crippen molar-refractivity contribution in [2.45, 2.75) is 20.8 Å². The maximum absolute atomic E-state index is 3.89. The summed E-state index contributed by atoms with van der Waals surface area (Å²) >= 11 is 0. The molecule has 0 heterocycles. The summed E-state index contributed by atoms with van der Waals surface area (Å²) in [5.74, 6) is 0. The van der Waals surface area contributed by atoms with Gasteiger partial charge in [0, 0.05) is 0 Å². The van der Waals surface area contributed by atoms with Crippen LogP contribution < -0.4 is 0 Å². The highest BCUT2D eigenvalue weighted by molar-refractivity contribution is 5.43. The molecule has 0 N–H and O–H groups in total. The van der Waals surface area contributed by atoms with Gasteiger partial charge in [0.15, 0.2) is 0 Å². The second-order valence-electron chi connectivity index (χ2n) is 2.58. The highest BCUT2D eigenvalue weighted by Gasteiger charge is 1.94. The van der Waals surface area contributed by atoms with Gasteiger partial charge in [-0.05, 0) is 31.9 Å². The van der Waals surface area contributed by atoms with Crippen LogP contribution in [0.2, 0.25) is 0 Å². The fourth-order valence-electron chi connectivity index (χ4n) is 0.887. The van der Waals surface area contributed by atoms with Crippen molar-refractivity contribution in [2.75, 3.05) is 0 Å². The van der Waals surface area contributed by atoms with Gasteiger partial charge in [-0.25, -0.2) is 0 Å². The summed E-state index contributed by atoms with van der Waals surface area (Å²) in [5.41, 5.74) is 3.44. The van der Waals surface area contributed by atoms with E-state index in [4.69, 9.17) is 0 Å². The van der Waals surface area contributed by atoms with E-state index in [0.29, 0.717) is 0 Å². The molecule has 60 valence electrons. The molecule has 0 saturated heterocycles. The monoisotopic (exact) mass is 148 g/mol. The van der Waals surface area contributed by atoms with Crippen LogP contribution in [0.4, 0.5) is 0 Å². The fraction of sp³-hybridized carbons (Fsp3) is 0.273. The van der Waals surface area contributed by atoms with Gasteiger partial charge in [0.1, 0.15) is 0 Å². The molecule has 0 aliphatic heterocycles. The smallest absolute Gasteiger partial charge is 0.0207 e. The molecule has 0 atom stereocenters. The number of hydrogen-bond donors (Lipinski definition) is 0. The molecule has 0 bridgehead atoms. The Hall–Kier alpha value is -1.04. The quantitative estimate of drug-likeness (QED) is 0.536. The van der Waals surface area contributed by atoms with Gasteiger partial charge in [-0.3, -0.25) is 0 Å². The van der Waals surface area contributed by atoms with E-state index < -0.39 is 0 Å². The molecule has 0 saturated carbocycles. The van der Waals surface area contributed by atoms with Crippen molar-refractivity contribution in [3.63, 3.8) is 0 Å². The zero-order valence-corrected chi connectivity index (χ0v) is 7.65. The minimum absolute atomic E-state index is 1.08. The van der Waals surface area contributed by atoms with E-state index in [-0.39, 0.29) is 0 Å². The van der Waals surface area contributed by atoms with Crippen LogP contribution in [-0.4, -0.2) is 0 Å². The Kier molecular flexibility index (Phi) is 4.28. The molecular formula is C11H16. The topological polar surface area (TPSA) is 0 Å². The van der Waals surface area contributed by atoms with Crippen LogP contribution >= 0.6 is 0 Å². The summed E-state index contributed by atoms with van der Waals surface area (Å²) in [6.07, 6.45) is 5.92. The van der Waals surface area contributed by atoms with E-state index in [1.54, 1.807) is 0 Å². The minimum Gasteiger partial charge on any atom is -0.0988 e. The van der Waals surface area contributed by atoms with E-state index in [9.17, 15) is 0 Å². The van der Waals surface area contributed by atoms with Crippen molar-refractivity contribution in [3.8, 4) is 0 Å². The molecule has 0 rings (SSSR count). The maximum atomic E-state index is 3.89. The summed E-state index contributed by atoms with van der Waals surface area (Å²) < 4.78 is 0. The number of allylic oxidation sites excluding steroid dienone is 6. The van der Waals surface area contributed by atoms with Gasteiger partial charge in [0.05, 0.1) is 0 Å². The third-order valence-corrected chi connectivity index (χ3v) is 1.52. The summed E-state index contributed by atoms with van der Waals surface area (Å²) in [7, 11) is 0. The van der Waals surface area contributed by atoms with Crippen LogP contribution in [0.3, 0.4) is 0 Å². The molecule has 0 aromatic rings. The second-order valence-corrected chi connectivity index (χ2v) is 2.58. The molecule has 0 aliphatic rings. The van der Waals surface area contributed by atoms with Crippen LogP contribution in [0, 0.1) is 0 Å². The molecule has 0 radical (unpaired) electrons. The fourth-order valence-corrected chi connectivity index (χ4v) is 0.887. The zero-order valence-electron chi connectivity index (χ0n) is 7.65. The van der Waals surface area contributed by atoms with Gasteiger partial charge in [0.2, 0.25) is 0 Å². The standard InChI is InChI=1S/C11H16/c1-6-8-11(9(3)4)10(5)7-2/h6-8H,2-3H2,1,4-5H3/b8-6-,11-10+. The van der Waals surface area contributed by atoms with E-state index in [1.165, 1.54) is 11.1 Å². The van der Waals surface area contributed by atoms with E-state index >= 15 is 0 Å². The first-order chi connectivity index (χ1) is 5.13. The minimum atomic E-state index is 1.08. The first-order valence-corrected chi connectivity index (χ1v) is 3.75. The molecule has 0 nitrogen and oxygen atoms in total. The molecule has 0 unspecified atom stereocenters. The zero-order chi connectivity index (χ0) is 8.85. The second kappa shape index (κ2) is 4.73. The molecule has 0 amide bonds. The lowest BCUT2D eigenvalue weighted by molar-refractivity contribution is 1.35. The Balaban J connectivity index is 4.87. The molecule has 0 aliphatic carbocycles. The van der Waals surface area contributed by atoms with Crippen molar-refractivity contribution >= 4 is 0 Å². The first-order valence-electron chi connectivity index (χ1n) is 3.75. The Bertz CT molecular complexity index is 214. The lowest BCUT2D eigenvalue weighted by Gasteiger charge is -2.02. The number of rotatable bonds is 3. The Labute approximate surface area is 69.6 Å². The molecule has 0 fully saturated rings. The van der Waals surface area contributed by atoms with Gasteiger partial charge < -0.3 is 0 Å². The highest BCUT2D eigenvalue weighted by atomic mass is 14.0. The summed E-state index contributed by atoms with van der Waals surface area (Å²) in [6.45, 7) is 13.6. The van der Waals surface area contributed by atoms with Crippen molar-refractivity contribution in [3.05, 3.63) is 48.1 Å².